The van der Waals surface area contributed by atoms with Gasteiger partial charge in [-0.15, -0.1) is 0 Å². The molecule has 0 spiro atoms. The van der Waals surface area contributed by atoms with Crippen molar-refractivity contribution in [3.05, 3.63) is 28.2 Å². The van der Waals surface area contributed by atoms with Gasteiger partial charge in [0.2, 0.25) is 5.43 Å². The number of Topliss-reactive ketones (excluding diaryl/α,β-unsaturated/α-hetero) is 1. The highest BCUT2D eigenvalue weighted by Gasteiger charge is 2.12. The minimum atomic E-state index is -0.264. The van der Waals surface area contributed by atoms with Crippen molar-refractivity contribution in [3.63, 3.8) is 0 Å². The van der Waals surface area contributed by atoms with E-state index in [9.17, 15) is 9.59 Å². The van der Waals surface area contributed by atoms with Gasteiger partial charge in [-0.1, -0.05) is 13.8 Å². The Bertz CT molecular complexity index is 407. The van der Waals surface area contributed by atoms with Gasteiger partial charge in [-0.25, -0.2) is 0 Å². The zero-order valence-electron chi connectivity index (χ0n) is 9.16. The number of pyridine rings is 1. The number of nitrogens with one attached hydrogen (secondary N) is 1. The Kier molecular flexibility index (Phi) is 3.66. The number of aromatic nitrogens is 1. The quantitative estimate of drug-likeness (QED) is 0.766. The summed E-state index contributed by atoms with van der Waals surface area (Å²) in [4.78, 5) is 25.8. The predicted molar refractivity (Wildman–Crippen MR) is 57.4 cm³/mol. The van der Waals surface area contributed by atoms with Gasteiger partial charge in [-0.05, 0) is 6.92 Å². The predicted octanol–water partition coefficient (Wildman–Crippen LogP) is 1.61. The van der Waals surface area contributed by atoms with E-state index in [1.54, 1.807) is 20.8 Å². The number of carbonyl (C=O) groups excluding carboxylic acids is 1. The normalized spacial score (nSPS) is 10.4. The van der Waals surface area contributed by atoms with E-state index < -0.39 is 0 Å². The molecule has 0 radical (unpaired) electrons. The zero-order valence-corrected chi connectivity index (χ0v) is 9.16. The van der Waals surface area contributed by atoms with Crippen LogP contribution in [0.1, 0.15) is 31.3 Å². The summed E-state index contributed by atoms with van der Waals surface area (Å²) in [7, 11) is 0. The van der Waals surface area contributed by atoms with Gasteiger partial charge in [0.25, 0.3) is 0 Å². The van der Waals surface area contributed by atoms with Gasteiger partial charge in [-0.2, -0.15) is 0 Å². The Labute approximate surface area is 88.3 Å². The molecule has 0 fully saturated rings. The molecule has 1 N–H and O–H groups in total. The number of rotatable bonds is 4. The average molecular weight is 209 g/mol. The fourth-order valence-corrected chi connectivity index (χ4v) is 1.18. The van der Waals surface area contributed by atoms with Gasteiger partial charge in [-0.3, -0.25) is 9.59 Å². The molecule has 0 atom stereocenters. The molecule has 0 aliphatic rings. The van der Waals surface area contributed by atoms with Crippen LogP contribution >= 0.6 is 0 Å². The van der Waals surface area contributed by atoms with E-state index >= 15 is 0 Å². The number of H-pyrrole nitrogens is 1. The summed E-state index contributed by atoms with van der Waals surface area (Å²) in [5, 5.41) is 0. The molecule has 0 aliphatic heterocycles. The number of ether oxygens (including phenoxy) is 1. The van der Waals surface area contributed by atoms with E-state index in [-0.39, 0.29) is 22.9 Å². The second kappa shape index (κ2) is 4.77. The van der Waals surface area contributed by atoms with E-state index in [0.29, 0.717) is 12.3 Å². The van der Waals surface area contributed by atoms with Gasteiger partial charge < -0.3 is 9.72 Å². The Morgan fingerprint density at radius 3 is 2.67 bits per heavy atom. The van der Waals surface area contributed by atoms with Crippen LogP contribution in [-0.2, 0) is 0 Å². The van der Waals surface area contributed by atoms with Crippen molar-refractivity contribution >= 4 is 5.78 Å². The molecule has 4 nitrogen and oxygen atoms in total. The van der Waals surface area contributed by atoms with Gasteiger partial charge in [0.15, 0.2) is 11.5 Å². The molecule has 4 heteroatoms. The maximum absolute atomic E-state index is 11.6. The summed E-state index contributed by atoms with van der Waals surface area (Å²) in [5.41, 5.74) is 0.0676. The minimum Gasteiger partial charge on any atom is -0.488 e. The van der Waals surface area contributed by atoms with Crippen molar-refractivity contribution < 1.29 is 9.53 Å². The van der Waals surface area contributed by atoms with E-state index in [1.165, 1.54) is 12.3 Å². The molecule has 1 heterocycles. The molecule has 1 aromatic heterocycles. The molecular weight excluding hydrogens is 194 g/mol. The zero-order chi connectivity index (χ0) is 11.4. The fraction of sp³-hybridized carbons (Fsp3) is 0.455. The van der Waals surface area contributed by atoms with E-state index in [4.69, 9.17) is 4.74 Å². The maximum Gasteiger partial charge on any atom is 0.224 e. The topological polar surface area (TPSA) is 59.2 Å². The third-order valence-corrected chi connectivity index (χ3v) is 1.97. The summed E-state index contributed by atoms with van der Waals surface area (Å²) in [6.07, 6.45) is 1.43. The van der Waals surface area contributed by atoms with E-state index in [2.05, 4.69) is 4.98 Å². The van der Waals surface area contributed by atoms with Gasteiger partial charge in [0, 0.05) is 18.2 Å². The van der Waals surface area contributed by atoms with Crippen LogP contribution < -0.4 is 10.2 Å². The van der Waals surface area contributed by atoms with Gasteiger partial charge >= 0.3 is 0 Å². The van der Waals surface area contributed by atoms with Crippen molar-refractivity contribution in [3.8, 4) is 5.75 Å². The van der Waals surface area contributed by atoms with Crippen LogP contribution in [0.2, 0.25) is 0 Å². The summed E-state index contributed by atoms with van der Waals surface area (Å²) in [6.45, 7) is 5.81. The summed E-state index contributed by atoms with van der Waals surface area (Å²) in [5.74, 6) is 0.0477. The monoisotopic (exact) mass is 209 g/mol. The molecule has 0 aromatic carbocycles. The first-order valence-electron chi connectivity index (χ1n) is 4.96. The van der Waals surface area contributed by atoms with Crippen molar-refractivity contribution in [1.82, 2.24) is 4.98 Å². The van der Waals surface area contributed by atoms with E-state index in [0.717, 1.165) is 0 Å². The Morgan fingerprint density at radius 1 is 1.53 bits per heavy atom. The Morgan fingerprint density at radius 2 is 2.20 bits per heavy atom. The van der Waals surface area contributed by atoms with Gasteiger partial charge in [0.1, 0.15) is 0 Å². The summed E-state index contributed by atoms with van der Waals surface area (Å²) in [6, 6.07) is 1.29. The molecule has 1 rings (SSSR count). The molecular formula is C11H15NO3. The maximum atomic E-state index is 11.6. The Hall–Kier alpha value is -1.58. The second-order valence-corrected chi connectivity index (χ2v) is 3.53. The first-order chi connectivity index (χ1) is 7.06. The highest BCUT2D eigenvalue weighted by atomic mass is 16.5. The first kappa shape index (κ1) is 11.5. The second-order valence-electron chi connectivity index (χ2n) is 3.53. The number of carbonyl (C=O) groups is 1. The van der Waals surface area contributed by atoms with Gasteiger partial charge in [0.05, 0.1) is 12.3 Å². The number of hydrogen-bond acceptors (Lipinski definition) is 3. The average Bonchev–Trinajstić information content (AvgIpc) is 2.20. The molecule has 0 bridgehead atoms. The van der Waals surface area contributed by atoms with Crippen LogP contribution in [0.15, 0.2) is 17.1 Å². The lowest BCUT2D eigenvalue weighted by atomic mass is 10.1. The molecule has 0 saturated carbocycles. The highest BCUT2D eigenvalue weighted by molar-refractivity contribution is 5.95. The number of hydrogen-bond donors (Lipinski definition) is 1. The smallest absolute Gasteiger partial charge is 0.224 e. The third-order valence-electron chi connectivity index (χ3n) is 1.97. The largest absolute Gasteiger partial charge is 0.488 e. The van der Waals surface area contributed by atoms with Crippen LogP contribution in [0.25, 0.3) is 0 Å². The molecule has 0 aliphatic carbocycles. The van der Waals surface area contributed by atoms with Crippen LogP contribution in [0.5, 0.6) is 5.75 Å². The van der Waals surface area contributed by atoms with Crippen LogP contribution in [0.4, 0.5) is 0 Å². The SMILES string of the molecule is CCOc1c[nH]c(C(=O)C(C)C)cc1=O. The summed E-state index contributed by atoms with van der Waals surface area (Å²) >= 11 is 0. The molecule has 0 unspecified atom stereocenters. The lowest BCUT2D eigenvalue weighted by Crippen LogP contribution is -2.15. The summed E-state index contributed by atoms with van der Waals surface area (Å²) < 4.78 is 5.08. The van der Waals surface area contributed by atoms with Crippen LogP contribution in [0.3, 0.4) is 0 Å². The molecule has 15 heavy (non-hydrogen) atoms. The van der Waals surface area contributed by atoms with Crippen molar-refractivity contribution in [2.75, 3.05) is 6.61 Å². The Balaban J connectivity index is 3.01. The van der Waals surface area contributed by atoms with Crippen LogP contribution in [-0.4, -0.2) is 17.4 Å². The van der Waals surface area contributed by atoms with Crippen molar-refractivity contribution in [1.29, 1.82) is 0 Å². The highest BCUT2D eigenvalue weighted by Crippen LogP contribution is 2.06. The third kappa shape index (κ3) is 2.68. The first-order valence-corrected chi connectivity index (χ1v) is 4.96. The molecule has 0 amide bonds. The fourth-order valence-electron chi connectivity index (χ4n) is 1.18. The lowest BCUT2D eigenvalue weighted by molar-refractivity contribution is 0.0934. The van der Waals surface area contributed by atoms with Crippen LogP contribution in [0, 0.1) is 5.92 Å². The number of ketones is 1. The minimum absolute atomic E-state index is 0.0739. The molecule has 82 valence electrons. The molecule has 1 aromatic rings. The van der Waals surface area contributed by atoms with Crippen molar-refractivity contribution in [2.45, 2.75) is 20.8 Å². The number of aromatic amines is 1. The lowest BCUT2D eigenvalue weighted by Gasteiger charge is -2.05. The van der Waals surface area contributed by atoms with E-state index in [1.807, 2.05) is 0 Å². The standard InChI is InChI=1S/C11H15NO3/c1-4-15-10-6-12-8(5-9(10)13)11(14)7(2)3/h5-7H,4H2,1-3H3,(H,12,13). The molecule has 0 saturated heterocycles. The van der Waals surface area contributed by atoms with Crippen molar-refractivity contribution in [2.24, 2.45) is 5.92 Å².